The average molecular weight is 355 g/mol. The number of rotatable bonds is 6. The van der Waals surface area contributed by atoms with Gasteiger partial charge in [-0.25, -0.2) is 0 Å². The SMILES string of the molecule is CCOC1(C(Cc2cncc(Br)c2)NC)CCC(C)CC1. The third-order valence-electron chi connectivity index (χ3n) is 4.74. The van der Waals surface area contributed by atoms with Crippen molar-refractivity contribution < 1.29 is 4.74 Å². The molecule has 2 rings (SSSR count). The summed E-state index contributed by atoms with van der Waals surface area (Å²) in [5.41, 5.74) is 1.22. The van der Waals surface area contributed by atoms with E-state index < -0.39 is 0 Å². The highest BCUT2D eigenvalue weighted by atomic mass is 79.9. The van der Waals surface area contributed by atoms with Crippen LogP contribution in [0.2, 0.25) is 0 Å². The molecule has 3 nitrogen and oxygen atoms in total. The van der Waals surface area contributed by atoms with Crippen molar-refractivity contribution >= 4 is 15.9 Å². The van der Waals surface area contributed by atoms with E-state index in [4.69, 9.17) is 4.74 Å². The van der Waals surface area contributed by atoms with Crippen LogP contribution in [-0.4, -0.2) is 30.3 Å². The molecule has 0 amide bonds. The average Bonchev–Trinajstić information content (AvgIpc) is 2.48. The predicted octanol–water partition coefficient (Wildman–Crippen LogP) is 3.96. The van der Waals surface area contributed by atoms with E-state index in [2.05, 4.69) is 53.2 Å². The summed E-state index contributed by atoms with van der Waals surface area (Å²) in [6.07, 6.45) is 9.56. The third kappa shape index (κ3) is 4.27. The molecule has 21 heavy (non-hydrogen) atoms. The van der Waals surface area contributed by atoms with Gasteiger partial charge in [-0.2, -0.15) is 0 Å². The van der Waals surface area contributed by atoms with Crippen molar-refractivity contribution in [1.82, 2.24) is 10.3 Å². The van der Waals surface area contributed by atoms with Crippen molar-refractivity contribution in [3.8, 4) is 0 Å². The fourth-order valence-electron chi connectivity index (χ4n) is 3.49. The summed E-state index contributed by atoms with van der Waals surface area (Å²) < 4.78 is 7.32. The minimum atomic E-state index is -0.0294. The Labute approximate surface area is 137 Å². The summed E-state index contributed by atoms with van der Waals surface area (Å²) in [6.45, 7) is 5.24. The van der Waals surface area contributed by atoms with Crippen LogP contribution >= 0.6 is 15.9 Å². The van der Waals surface area contributed by atoms with Gasteiger partial charge in [-0.3, -0.25) is 4.98 Å². The highest BCUT2D eigenvalue weighted by Crippen LogP contribution is 2.38. The molecule has 1 aliphatic rings. The lowest BCUT2D eigenvalue weighted by Crippen LogP contribution is -2.54. The van der Waals surface area contributed by atoms with Crippen LogP contribution in [-0.2, 0) is 11.2 Å². The van der Waals surface area contributed by atoms with E-state index in [0.717, 1.165) is 36.3 Å². The van der Waals surface area contributed by atoms with Crippen LogP contribution in [0.4, 0.5) is 0 Å². The molecule has 1 N–H and O–H groups in total. The summed E-state index contributed by atoms with van der Waals surface area (Å²) in [6, 6.07) is 2.49. The Bertz CT molecular complexity index is 444. The van der Waals surface area contributed by atoms with E-state index in [0.29, 0.717) is 6.04 Å². The molecule has 1 aromatic heterocycles. The van der Waals surface area contributed by atoms with E-state index in [-0.39, 0.29) is 5.60 Å². The van der Waals surface area contributed by atoms with Gasteiger partial charge in [0.15, 0.2) is 0 Å². The van der Waals surface area contributed by atoms with Crippen LogP contribution in [0.15, 0.2) is 22.9 Å². The normalized spacial score (nSPS) is 27.5. The van der Waals surface area contributed by atoms with Crippen molar-refractivity contribution in [3.63, 3.8) is 0 Å². The van der Waals surface area contributed by atoms with Gasteiger partial charge in [-0.1, -0.05) is 6.92 Å². The molecule has 0 aromatic carbocycles. The topological polar surface area (TPSA) is 34.1 Å². The number of aromatic nitrogens is 1. The lowest BCUT2D eigenvalue weighted by atomic mass is 9.74. The minimum Gasteiger partial charge on any atom is -0.374 e. The van der Waals surface area contributed by atoms with Crippen LogP contribution in [0.5, 0.6) is 0 Å². The zero-order valence-electron chi connectivity index (χ0n) is 13.4. The van der Waals surface area contributed by atoms with Crippen molar-refractivity contribution in [3.05, 3.63) is 28.5 Å². The monoisotopic (exact) mass is 354 g/mol. The van der Waals surface area contributed by atoms with Gasteiger partial charge >= 0.3 is 0 Å². The molecule has 0 spiro atoms. The van der Waals surface area contributed by atoms with Gasteiger partial charge in [0.05, 0.1) is 5.60 Å². The highest BCUT2D eigenvalue weighted by Gasteiger charge is 2.41. The molecule has 1 aromatic rings. The molecule has 1 heterocycles. The van der Waals surface area contributed by atoms with E-state index in [9.17, 15) is 0 Å². The predicted molar refractivity (Wildman–Crippen MR) is 90.5 cm³/mol. The Kier molecular flexibility index (Phi) is 6.20. The lowest BCUT2D eigenvalue weighted by molar-refractivity contribution is -0.0947. The number of pyridine rings is 1. The second-order valence-electron chi connectivity index (χ2n) is 6.24. The van der Waals surface area contributed by atoms with Crippen molar-refractivity contribution in [1.29, 1.82) is 0 Å². The van der Waals surface area contributed by atoms with E-state index in [1.54, 1.807) is 0 Å². The summed E-state index contributed by atoms with van der Waals surface area (Å²) in [5.74, 6) is 0.823. The first-order valence-corrected chi connectivity index (χ1v) is 8.79. The summed E-state index contributed by atoms with van der Waals surface area (Å²) in [5, 5.41) is 3.51. The number of hydrogen-bond acceptors (Lipinski definition) is 3. The molecule has 1 unspecified atom stereocenters. The van der Waals surface area contributed by atoms with Gasteiger partial charge in [0.1, 0.15) is 0 Å². The molecule has 4 heteroatoms. The molecular weight excluding hydrogens is 328 g/mol. The van der Waals surface area contributed by atoms with E-state index >= 15 is 0 Å². The molecule has 118 valence electrons. The van der Waals surface area contributed by atoms with Gasteiger partial charge in [0.25, 0.3) is 0 Å². The zero-order chi connectivity index (χ0) is 15.3. The Balaban J connectivity index is 2.15. The summed E-state index contributed by atoms with van der Waals surface area (Å²) in [4.78, 5) is 4.28. The van der Waals surface area contributed by atoms with Crippen LogP contribution in [0.25, 0.3) is 0 Å². The fourth-order valence-corrected chi connectivity index (χ4v) is 3.90. The van der Waals surface area contributed by atoms with E-state index in [1.165, 1.54) is 18.4 Å². The largest absolute Gasteiger partial charge is 0.374 e. The summed E-state index contributed by atoms with van der Waals surface area (Å²) >= 11 is 3.51. The van der Waals surface area contributed by atoms with Crippen molar-refractivity contribution in [2.45, 2.75) is 57.6 Å². The second kappa shape index (κ2) is 7.70. The van der Waals surface area contributed by atoms with Gasteiger partial charge in [0.2, 0.25) is 0 Å². The maximum Gasteiger partial charge on any atom is 0.0837 e. The maximum atomic E-state index is 6.28. The molecular formula is C17H27BrN2O. The molecule has 1 atom stereocenters. The highest BCUT2D eigenvalue weighted by molar-refractivity contribution is 9.10. The molecule has 1 fully saturated rings. The van der Waals surface area contributed by atoms with Gasteiger partial charge in [-0.15, -0.1) is 0 Å². The first-order valence-electron chi connectivity index (χ1n) is 8.00. The Morgan fingerprint density at radius 1 is 1.43 bits per heavy atom. The van der Waals surface area contributed by atoms with Crippen molar-refractivity contribution in [2.24, 2.45) is 5.92 Å². The standard InChI is InChI=1S/C17H27BrN2O/c1-4-21-17(7-5-13(2)6-8-17)16(19-3)10-14-9-15(18)12-20-11-14/h9,11-13,16,19H,4-8,10H2,1-3H3. The second-order valence-corrected chi connectivity index (χ2v) is 7.15. The number of nitrogens with one attached hydrogen (secondary N) is 1. The molecule has 0 bridgehead atoms. The molecule has 1 saturated carbocycles. The zero-order valence-corrected chi connectivity index (χ0v) is 14.9. The molecule has 0 aliphatic heterocycles. The van der Waals surface area contributed by atoms with Crippen molar-refractivity contribution in [2.75, 3.05) is 13.7 Å². The Hall–Kier alpha value is -0.450. The lowest BCUT2D eigenvalue weighted by Gasteiger charge is -2.45. The number of hydrogen-bond donors (Lipinski definition) is 1. The number of ether oxygens (including phenoxy) is 1. The molecule has 1 aliphatic carbocycles. The van der Waals surface area contributed by atoms with Gasteiger partial charge in [0, 0.05) is 29.5 Å². The van der Waals surface area contributed by atoms with Gasteiger partial charge < -0.3 is 10.1 Å². The summed E-state index contributed by atoms with van der Waals surface area (Å²) in [7, 11) is 2.05. The van der Waals surface area contributed by atoms with Gasteiger partial charge in [-0.05, 0) is 79.6 Å². The maximum absolute atomic E-state index is 6.28. The Morgan fingerprint density at radius 2 is 2.14 bits per heavy atom. The van der Waals surface area contributed by atoms with E-state index in [1.807, 2.05) is 12.4 Å². The molecule has 0 saturated heterocycles. The quantitative estimate of drug-likeness (QED) is 0.839. The van der Waals surface area contributed by atoms with Crippen LogP contribution in [0.1, 0.15) is 45.1 Å². The first kappa shape index (κ1) is 16.9. The number of halogens is 1. The van der Waals surface area contributed by atoms with Crippen LogP contribution in [0, 0.1) is 5.92 Å². The number of nitrogens with zero attached hydrogens (tertiary/aromatic N) is 1. The van der Waals surface area contributed by atoms with Crippen LogP contribution < -0.4 is 5.32 Å². The Morgan fingerprint density at radius 3 is 2.71 bits per heavy atom. The minimum absolute atomic E-state index is 0.0294. The molecule has 0 radical (unpaired) electrons. The first-order chi connectivity index (χ1) is 10.1. The third-order valence-corrected chi connectivity index (χ3v) is 5.17. The number of likely N-dealkylation sites (N-methyl/N-ethyl adjacent to an activating group) is 1. The fraction of sp³-hybridized carbons (Fsp3) is 0.706. The smallest absolute Gasteiger partial charge is 0.0837 e. The van der Waals surface area contributed by atoms with Crippen LogP contribution in [0.3, 0.4) is 0 Å².